The van der Waals surface area contributed by atoms with E-state index in [1.165, 1.54) is 0 Å². The highest BCUT2D eigenvalue weighted by Gasteiger charge is 2.05. The van der Waals surface area contributed by atoms with Gasteiger partial charge in [0.1, 0.15) is 17.3 Å². The van der Waals surface area contributed by atoms with E-state index in [-0.39, 0.29) is 0 Å². The summed E-state index contributed by atoms with van der Waals surface area (Å²) in [6.45, 7) is 1.49. The Morgan fingerprint density at radius 2 is 1.79 bits per heavy atom. The third-order valence-electron chi connectivity index (χ3n) is 5.24. The normalized spacial score (nSPS) is 11.0. The van der Waals surface area contributed by atoms with Crippen molar-refractivity contribution in [1.29, 1.82) is 0 Å². The molecule has 0 atom stereocenters. The third-order valence-corrected chi connectivity index (χ3v) is 5.49. The molecule has 0 aliphatic rings. The minimum absolute atomic E-state index is 0.657. The highest BCUT2D eigenvalue weighted by Crippen LogP contribution is 2.27. The highest BCUT2D eigenvalue weighted by atomic mass is 35.5. The Morgan fingerprint density at radius 1 is 0.941 bits per heavy atom. The van der Waals surface area contributed by atoms with Gasteiger partial charge in [0.2, 0.25) is 0 Å². The van der Waals surface area contributed by atoms with Crippen LogP contribution >= 0.6 is 11.6 Å². The van der Waals surface area contributed by atoms with E-state index in [2.05, 4.69) is 25.6 Å². The van der Waals surface area contributed by atoms with Crippen LogP contribution in [0.4, 0.5) is 11.5 Å². The number of hydrogen-bond acceptors (Lipinski definition) is 6. The van der Waals surface area contributed by atoms with Crippen molar-refractivity contribution in [2.24, 2.45) is 0 Å². The van der Waals surface area contributed by atoms with Gasteiger partial charge in [0.05, 0.1) is 17.5 Å². The molecule has 0 aliphatic carbocycles. The lowest BCUT2D eigenvalue weighted by Crippen LogP contribution is -2.17. The van der Waals surface area contributed by atoms with Crippen LogP contribution in [0.1, 0.15) is 11.4 Å². The first-order valence-corrected chi connectivity index (χ1v) is 11.3. The zero-order valence-corrected chi connectivity index (χ0v) is 19.1. The van der Waals surface area contributed by atoms with Crippen molar-refractivity contribution < 1.29 is 4.74 Å². The van der Waals surface area contributed by atoms with Crippen LogP contribution in [0.15, 0.2) is 85.5 Å². The minimum atomic E-state index is 0.657. The predicted octanol–water partition coefficient (Wildman–Crippen LogP) is 5.87. The second-order valence-electron chi connectivity index (χ2n) is 7.77. The zero-order chi connectivity index (χ0) is 23.2. The molecule has 34 heavy (non-hydrogen) atoms. The summed E-state index contributed by atoms with van der Waals surface area (Å²) >= 11 is 5.97. The van der Waals surface area contributed by atoms with Crippen LogP contribution in [0.2, 0.25) is 5.02 Å². The second-order valence-corrected chi connectivity index (χ2v) is 8.21. The van der Waals surface area contributed by atoms with Crippen molar-refractivity contribution in [3.63, 3.8) is 0 Å². The molecule has 3 aromatic heterocycles. The number of fused-ring (bicyclic) bond motifs is 1. The summed E-state index contributed by atoms with van der Waals surface area (Å²) in [7, 11) is 0. The van der Waals surface area contributed by atoms with Crippen molar-refractivity contribution in [2.45, 2.75) is 13.0 Å². The number of H-pyrrole nitrogens is 1. The first-order valence-electron chi connectivity index (χ1n) is 11.0. The van der Waals surface area contributed by atoms with Gasteiger partial charge in [-0.1, -0.05) is 11.6 Å². The van der Waals surface area contributed by atoms with E-state index in [9.17, 15) is 0 Å². The number of ether oxygens (including phenoxy) is 1. The van der Waals surface area contributed by atoms with Gasteiger partial charge in [-0.3, -0.25) is 4.98 Å². The van der Waals surface area contributed by atoms with Crippen LogP contribution in [0.3, 0.4) is 0 Å². The number of pyridine rings is 2. The van der Waals surface area contributed by atoms with Crippen LogP contribution in [0, 0.1) is 0 Å². The molecule has 2 aromatic carbocycles. The van der Waals surface area contributed by atoms with Gasteiger partial charge in [-0.05, 0) is 54.6 Å². The van der Waals surface area contributed by atoms with E-state index in [0.717, 1.165) is 52.5 Å². The lowest BCUT2D eigenvalue weighted by Gasteiger charge is -2.10. The molecule has 0 amide bonds. The number of halogens is 1. The fraction of sp³-hybridized carbons (Fsp3) is 0.115. The molecule has 0 radical (unpaired) electrons. The molecule has 0 fully saturated rings. The number of rotatable bonds is 9. The Kier molecular flexibility index (Phi) is 6.65. The number of aromatic nitrogens is 4. The molecule has 0 aliphatic heterocycles. The van der Waals surface area contributed by atoms with E-state index >= 15 is 0 Å². The maximum absolute atomic E-state index is 6.11. The van der Waals surface area contributed by atoms with Gasteiger partial charge in [0, 0.05) is 65.8 Å². The van der Waals surface area contributed by atoms with E-state index in [0.29, 0.717) is 17.3 Å². The van der Waals surface area contributed by atoms with Gasteiger partial charge >= 0.3 is 0 Å². The van der Waals surface area contributed by atoms with Crippen molar-refractivity contribution in [3.8, 4) is 11.5 Å². The Bertz CT molecular complexity index is 1370. The summed E-state index contributed by atoms with van der Waals surface area (Å²) in [6.07, 6.45) is 6.17. The largest absolute Gasteiger partial charge is 0.457 e. The second kappa shape index (κ2) is 10.3. The van der Waals surface area contributed by atoms with Gasteiger partial charge in [0.15, 0.2) is 0 Å². The van der Waals surface area contributed by atoms with Gasteiger partial charge in [-0.25, -0.2) is 9.97 Å². The fourth-order valence-corrected chi connectivity index (χ4v) is 3.65. The number of aromatic amines is 1. The lowest BCUT2D eigenvalue weighted by molar-refractivity contribution is 0.481. The van der Waals surface area contributed by atoms with Gasteiger partial charge in [-0.2, -0.15) is 0 Å². The van der Waals surface area contributed by atoms with Crippen LogP contribution in [0.5, 0.6) is 11.5 Å². The summed E-state index contributed by atoms with van der Waals surface area (Å²) in [6, 6.07) is 21.2. The summed E-state index contributed by atoms with van der Waals surface area (Å²) < 4.78 is 6.11. The SMILES string of the molecule is Clc1ccc(Nc2ccc3ccc(Oc4ccnc(CNCCc5cnc[nH]5)c4)cc3n2)cc1. The van der Waals surface area contributed by atoms with Crippen LogP contribution < -0.4 is 15.4 Å². The number of nitrogens with zero attached hydrogens (tertiary/aromatic N) is 3. The average molecular weight is 471 g/mol. The third kappa shape index (κ3) is 5.70. The molecule has 8 heteroatoms. The molecule has 7 nitrogen and oxygen atoms in total. The molecule has 0 spiro atoms. The number of imidazole rings is 1. The number of hydrogen-bond donors (Lipinski definition) is 3. The maximum Gasteiger partial charge on any atom is 0.131 e. The van der Waals surface area contributed by atoms with Crippen LogP contribution in [-0.4, -0.2) is 26.5 Å². The maximum atomic E-state index is 6.11. The Labute approximate surface area is 202 Å². The lowest BCUT2D eigenvalue weighted by atomic mass is 10.2. The fourth-order valence-electron chi connectivity index (χ4n) is 3.52. The van der Waals surface area contributed by atoms with E-state index in [4.69, 9.17) is 21.3 Å². The summed E-state index contributed by atoms with van der Waals surface area (Å²) in [5.41, 5.74) is 3.78. The first kappa shape index (κ1) is 21.9. The zero-order valence-electron chi connectivity index (χ0n) is 18.3. The number of nitrogens with one attached hydrogen (secondary N) is 3. The summed E-state index contributed by atoms with van der Waals surface area (Å²) in [5.74, 6) is 2.20. The molecule has 0 saturated carbocycles. The molecule has 5 aromatic rings. The standard InChI is InChI=1S/C26H23ClN6O/c27-19-3-5-20(6-4-19)32-26-8-2-18-1-7-23(14-25(18)33-26)34-24-10-12-30-22(13-24)16-28-11-9-21-15-29-17-31-21/h1-8,10,12-15,17,28H,9,11,16H2,(H,29,31)(H,32,33). The van der Waals surface area contributed by atoms with Crippen molar-refractivity contribution in [1.82, 2.24) is 25.3 Å². The molecular weight excluding hydrogens is 448 g/mol. The average Bonchev–Trinajstić information content (AvgIpc) is 3.37. The molecule has 170 valence electrons. The van der Waals surface area contributed by atoms with E-state index in [1.54, 1.807) is 12.5 Å². The molecule has 5 rings (SSSR count). The molecular formula is C26H23ClN6O. The molecule has 3 heterocycles. The number of anilines is 2. The molecule has 0 saturated heterocycles. The van der Waals surface area contributed by atoms with E-state index in [1.807, 2.05) is 72.9 Å². The van der Waals surface area contributed by atoms with Crippen molar-refractivity contribution in [2.75, 3.05) is 11.9 Å². The predicted molar refractivity (Wildman–Crippen MR) is 135 cm³/mol. The smallest absolute Gasteiger partial charge is 0.131 e. The molecule has 0 unspecified atom stereocenters. The number of benzene rings is 2. The summed E-state index contributed by atoms with van der Waals surface area (Å²) in [5, 5.41) is 8.43. The quantitative estimate of drug-likeness (QED) is 0.233. The van der Waals surface area contributed by atoms with Gasteiger partial charge < -0.3 is 20.4 Å². The minimum Gasteiger partial charge on any atom is -0.457 e. The van der Waals surface area contributed by atoms with Crippen molar-refractivity contribution >= 4 is 34.0 Å². The monoisotopic (exact) mass is 470 g/mol. The highest BCUT2D eigenvalue weighted by molar-refractivity contribution is 6.30. The van der Waals surface area contributed by atoms with Crippen molar-refractivity contribution in [3.05, 3.63) is 102 Å². The van der Waals surface area contributed by atoms with Gasteiger partial charge in [0.25, 0.3) is 0 Å². The molecule has 0 bridgehead atoms. The first-order chi connectivity index (χ1) is 16.7. The van der Waals surface area contributed by atoms with E-state index < -0.39 is 0 Å². The Balaban J connectivity index is 1.24. The topological polar surface area (TPSA) is 87.8 Å². The van der Waals surface area contributed by atoms with Gasteiger partial charge in [-0.15, -0.1) is 0 Å². The van der Waals surface area contributed by atoms with Crippen LogP contribution in [0.25, 0.3) is 10.9 Å². The van der Waals surface area contributed by atoms with Crippen LogP contribution in [-0.2, 0) is 13.0 Å². The Morgan fingerprint density at radius 3 is 2.65 bits per heavy atom. The Hall–Kier alpha value is -3.94. The summed E-state index contributed by atoms with van der Waals surface area (Å²) in [4.78, 5) is 16.3. The molecule has 3 N–H and O–H groups in total.